The third-order valence-corrected chi connectivity index (χ3v) is 8.08. The lowest BCUT2D eigenvalue weighted by molar-refractivity contribution is 0.0550. The first-order chi connectivity index (χ1) is 24.8. The fourth-order valence-electron chi connectivity index (χ4n) is 4.99. The molecule has 7 rings (SSSR count). The van der Waals surface area contributed by atoms with Gasteiger partial charge in [0.25, 0.3) is 0 Å². The van der Waals surface area contributed by atoms with E-state index in [0.29, 0.717) is 10.7 Å². The molecular formula is C36H24Cl3FN4O8. The number of benzene rings is 2. The molecule has 0 saturated carbocycles. The minimum absolute atomic E-state index is 0.00105. The Morgan fingerprint density at radius 1 is 0.712 bits per heavy atom. The van der Waals surface area contributed by atoms with E-state index in [-0.39, 0.29) is 50.5 Å². The van der Waals surface area contributed by atoms with Crippen LogP contribution in [0.3, 0.4) is 0 Å². The quantitative estimate of drug-likeness (QED) is 0.138. The smallest absolute Gasteiger partial charge is 0.357 e. The predicted molar refractivity (Wildman–Crippen MR) is 188 cm³/mol. The molecular weight excluding hydrogens is 742 g/mol. The number of aromatic nitrogens is 4. The molecule has 1 aliphatic rings. The second kappa shape index (κ2) is 16.0. The zero-order valence-corrected chi connectivity index (χ0v) is 29.2. The summed E-state index contributed by atoms with van der Waals surface area (Å²) < 4.78 is 23.0. The standard InChI is InChI=1S/C18H10ClFN2O4.C9H8ClNO4.C9H6ClN/c19-11-6-5-10-14(21-11)16(24)13-12(15(10)23)17(25)22(18(13)26)7-8-1-3-9(20)4-2-8;1-14-8(12)5-3-4-6(10)11-7(5)9(13)15-2;10-9-6-5-7-3-1-2-4-8(7)11-9/h1-6,25-26H,7H2;3-4H,1-2H3;1-6H. The van der Waals surface area contributed by atoms with Crippen LogP contribution in [0.1, 0.15) is 58.4 Å². The molecule has 2 aromatic carbocycles. The largest absolute Gasteiger partial charge is 0.494 e. The maximum absolute atomic E-state index is 13.0. The van der Waals surface area contributed by atoms with Crippen LogP contribution in [0.2, 0.25) is 15.5 Å². The first-order valence-electron chi connectivity index (χ1n) is 14.8. The molecule has 0 spiro atoms. The van der Waals surface area contributed by atoms with Gasteiger partial charge in [0.15, 0.2) is 5.69 Å². The second-order valence-electron chi connectivity index (χ2n) is 10.6. The molecule has 264 valence electrons. The number of esters is 2. The number of fused-ring (bicyclic) bond motifs is 3. The Bertz CT molecular complexity index is 2370. The lowest BCUT2D eigenvalue weighted by Crippen LogP contribution is -2.21. The van der Waals surface area contributed by atoms with Crippen LogP contribution in [-0.4, -0.2) is 67.5 Å². The summed E-state index contributed by atoms with van der Waals surface area (Å²) in [6, 6.07) is 22.5. The molecule has 6 aromatic rings. The van der Waals surface area contributed by atoms with Crippen LogP contribution in [0.5, 0.6) is 11.8 Å². The molecule has 0 saturated heterocycles. The van der Waals surface area contributed by atoms with Crippen molar-refractivity contribution in [3.8, 4) is 11.8 Å². The molecule has 16 heteroatoms. The SMILES string of the molecule is COC(=O)c1ccc(Cl)nc1C(=O)OC.Clc1ccc2ccccc2n1.O=C1c2ccc(Cl)nc2C(=O)c2c1c(O)n(Cc1ccc(F)cc1)c2O. The van der Waals surface area contributed by atoms with Gasteiger partial charge in [0.05, 0.1) is 43.0 Å². The van der Waals surface area contributed by atoms with Gasteiger partial charge in [-0.15, -0.1) is 0 Å². The lowest BCUT2D eigenvalue weighted by Gasteiger charge is -2.13. The van der Waals surface area contributed by atoms with Crippen molar-refractivity contribution in [1.29, 1.82) is 0 Å². The van der Waals surface area contributed by atoms with Crippen LogP contribution in [-0.2, 0) is 16.0 Å². The van der Waals surface area contributed by atoms with Crippen molar-refractivity contribution in [3.05, 3.63) is 145 Å². The number of ketones is 2. The van der Waals surface area contributed by atoms with Crippen molar-refractivity contribution in [2.24, 2.45) is 0 Å². The van der Waals surface area contributed by atoms with E-state index in [1.807, 2.05) is 30.3 Å². The van der Waals surface area contributed by atoms with Gasteiger partial charge in [0.2, 0.25) is 23.3 Å². The van der Waals surface area contributed by atoms with Gasteiger partial charge in [-0.2, -0.15) is 0 Å². The van der Waals surface area contributed by atoms with Crippen molar-refractivity contribution < 1.29 is 43.3 Å². The number of methoxy groups -OCH3 is 2. The van der Waals surface area contributed by atoms with E-state index in [2.05, 4.69) is 24.4 Å². The minimum Gasteiger partial charge on any atom is -0.494 e. The summed E-state index contributed by atoms with van der Waals surface area (Å²) in [6.45, 7) is -0.0595. The lowest BCUT2D eigenvalue weighted by atomic mass is 9.89. The van der Waals surface area contributed by atoms with Gasteiger partial charge in [0.1, 0.15) is 32.5 Å². The third kappa shape index (κ3) is 7.86. The zero-order chi connectivity index (χ0) is 37.7. The molecule has 0 atom stereocenters. The molecule has 2 N–H and O–H groups in total. The number of pyridine rings is 3. The highest BCUT2D eigenvalue weighted by molar-refractivity contribution is 6.32. The van der Waals surface area contributed by atoms with Gasteiger partial charge in [-0.1, -0.05) is 65.1 Å². The highest BCUT2D eigenvalue weighted by Crippen LogP contribution is 2.41. The predicted octanol–water partition coefficient (Wildman–Crippen LogP) is 7.11. The van der Waals surface area contributed by atoms with Crippen molar-refractivity contribution in [3.63, 3.8) is 0 Å². The Hall–Kier alpha value is -5.89. The number of halogens is 4. The van der Waals surface area contributed by atoms with Crippen LogP contribution in [0.4, 0.5) is 4.39 Å². The normalized spacial score (nSPS) is 11.3. The maximum atomic E-state index is 13.0. The van der Waals surface area contributed by atoms with Gasteiger partial charge in [0, 0.05) is 5.39 Å². The van der Waals surface area contributed by atoms with Crippen LogP contribution >= 0.6 is 34.8 Å². The van der Waals surface area contributed by atoms with Crippen LogP contribution in [0, 0.1) is 5.82 Å². The molecule has 0 amide bonds. The molecule has 0 fully saturated rings. The minimum atomic E-state index is -0.738. The summed E-state index contributed by atoms with van der Waals surface area (Å²) in [6.07, 6.45) is 0. The highest BCUT2D eigenvalue weighted by Gasteiger charge is 2.39. The summed E-state index contributed by atoms with van der Waals surface area (Å²) in [5.41, 5.74) is 0.585. The van der Waals surface area contributed by atoms with E-state index >= 15 is 0 Å². The first kappa shape index (κ1) is 37.4. The fourth-order valence-corrected chi connectivity index (χ4v) is 5.44. The summed E-state index contributed by atoms with van der Waals surface area (Å²) >= 11 is 17.1. The maximum Gasteiger partial charge on any atom is 0.357 e. The number of hydrogen-bond acceptors (Lipinski definition) is 11. The number of ether oxygens (including phenoxy) is 2. The average Bonchev–Trinajstić information content (AvgIpc) is 3.39. The van der Waals surface area contributed by atoms with Crippen molar-refractivity contribution >= 4 is 69.2 Å². The molecule has 0 bridgehead atoms. The van der Waals surface area contributed by atoms with Crippen molar-refractivity contribution in [1.82, 2.24) is 19.5 Å². The Morgan fingerprint density at radius 3 is 1.96 bits per heavy atom. The molecule has 0 unspecified atom stereocenters. The number of hydrogen-bond donors (Lipinski definition) is 2. The van der Waals surface area contributed by atoms with Crippen LogP contribution < -0.4 is 0 Å². The number of carbonyl (C=O) groups is 4. The first-order valence-corrected chi connectivity index (χ1v) is 16.0. The van der Waals surface area contributed by atoms with Crippen molar-refractivity contribution in [2.75, 3.05) is 14.2 Å². The number of para-hydroxylation sites is 1. The number of carbonyl (C=O) groups excluding carboxylic acids is 4. The Morgan fingerprint density at radius 2 is 1.29 bits per heavy atom. The average molecular weight is 766 g/mol. The monoisotopic (exact) mass is 764 g/mol. The van der Waals surface area contributed by atoms with Crippen LogP contribution in [0.15, 0.2) is 84.9 Å². The van der Waals surface area contributed by atoms with Gasteiger partial charge in [-0.3, -0.25) is 14.2 Å². The van der Waals surface area contributed by atoms with E-state index < -0.39 is 41.1 Å². The van der Waals surface area contributed by atoms with E-state index in [9.17, 15) is 33.8 Å². The summed E-state index contributed by atoms with van der Waals surface area (Å²) in [5, 5.41) is 22.7. The molecule has 1 aliphatic carbocycles. The molecule has 52 heavy (non-hydrogen) atoms. The van der Waals surface area contributed by atoms with Gasteiger partial charge < -0.3 is 19.7 Å². The fraction of sp³-hybridized carbons (Fsp3) is 0.0833. The number of aromatic hydroxyl groups is 2. The van der Waals surface area contributed by atoms with Crippen LogP contribution in [0.25, 0.3) is 10.9 Å². The topological polar surface area (TPSA) is 171 Å². The summed E-state index contributed by atoms with van der Waals surface area (Å²) in [4.78, 5) is 59.6. The second-order valence-corrected chi connectivity index (χ2v) is 11.8. The van der Waals surface area contributed by atoms with Gasteiger partial charge >= 0.3 is 11.9 Å². The van der Waals surface area contributed by atoms with E-state index in [4.69, 9.17) is 34.8 Å². The van der Waals surface area contributed by atoms with E-state index in [1.54, 1.807) is 6.07 Å². The Kier molecular flexibility index (Phi) is 11.5. The molecule has 0 radical (unpaired) electrons. The van der Waals surface area contributed by atoms with Crippen molar-refractivity contribution in [2.45, 2.75) is 6.54 Å². The van der Waals surface area contributed by atoms with E-state index in [1.165, 1.54) is 62.8 Å². The summed E-state index contributed by atoms with van der Waals surface area (Å²) in [5.74, 6) is -4.28. The zero-order valence-electron chi connectivity index (χ0n) is 26.9. The van der Waals surface area contributed by atoms with E-state index in [0.717, 1.165) is 15.5 Å². The Labute approximate surface area is 309 Å². The molecule has 12 nitrogen and oxygen atoms in total. The third-order valence-electron chi connectivity index (χ3n) is 7.45. The number of nitrogens with zero attached hydrogens (tertiary/aromatic N) is 4. The highest BCUT2D eigenvalue weighted by atomic mass is 35.5. The van der Waals surface area contributed by atoms with Gasteiger partial charge in [-0.05, 0) is 60.2 Å². The summed E-state index contributed by atoms with van der Waals surface area (Å²) in [7, 11) is 2.39. The molecule has 0 aliphatic heterocycles. The molecule has 4 aromatic heterocycles. The molecule has 4 heterocycles. The Balaban J connectivity index is 0.000000169. The van der Waals surface area contributed by atoms with Gasteiger partial charge in [-0.25, -0.2) is 28.9 Å². The number of rotatable bonds is 4.